The highest BCUT2D eigenvalue weighted by Gasteiger charge is 2.15. The second-order valence-corrected chi connectivity index (χ2v) is 8.26. The molecule has 2 rings (SSSR count). The van der Waals surface area contributed by atoms with Gasteiger partial charge in [0, 0.05) is 24.1 Å². The Kier molecular flexibility index (Phi) is 8.85. The van der Waals surface area contributed by atoms with E-state index in [-0.39, 0.29) is 5.91 Å². The predicted molar refractivity (Wildman–Crippen MR) is 110 cm³/mol. The number of hydrogen-bond acceptors (Lipinski definition) is 5. The fourth-order valence-corrected chi connectivity index (χ4v) is 4.00. The van der Waals surface area contributed by atoms with Crippen LogP contribution >= 0.6 is 11.8 Å². The van der Waals surface area contributed by atoms with E-state index < -0.39 is 0 Å². The molecule has 0 radical (unpaired) electrons. The highest BCUT2D eigenvalue weighted by molar-refractivity contribution is 7.98. The van der Waals surface area contributed by atoms with Crippen LogP contribution in [0.3, 0.4) is 0 Å². The predicted octanol–water partition coefficient (Wildman–Crippen LogP) is 5.32. The third-order valence-electron chi connectivity index (χ3n) is 4.54. The molecule has 0 aliphatic rings. The molecule has 1 amide bonds. The van der Waals surface area contributed by atoms with Crippen molar-refractivity contribution in [2.45, 2.75) is 70.6 Å². The fourth-order valence-electron chi connectivity index (χ4n) is 2.86. The number of amides is 1. The number of carbonyl (C=O) groups excluding carboxylic acids is 1. The van der Waals surface area contributed by atoms with Gasteiger partial charge in [0.25, 0.3) is 5.91 Å². The molecule has 2 aromatic rings. The minimum absolute atomic E-state index is 0.0495. The van der Waals surface area contributed by atoms with Gasteiger partial charge in [0.05, 0.1) is 11.3 Å². The number of aryl methyl sites for hydroxylation is 2. The van der Waals surface area contributed by atoms with Gasteiger partial charge < -0.3 is 9.84 Å². The molecule has 6 heteroatoms. The second-order valence-electron chi connectivity index (χ2n) is 7.30. The summed E-state index contributed by atoms with van der Waals surface area (Å²) in [5, 5.41) is 7.75. The molecule has 2 heterocycles. The molecule has 1 N–H and O–H groups in total. The topological polar surface area (TPSA) is 68.0 Å². The van der Waals surface area contributed by atoms with Crippen LogP contribution in [0.5, 0.6) is 0 Å². The number of aromatic nitrogens is 2. The van der Waals surface area contributed by atoms with Gasteiger partial charge in [-0.25, -0.2) is 4.98 Å². The fraction of sp³-hybridized carbons (Fsp3) is 0.571. The SMILES string of the molecule is Cc1noc(C)c1CSc1ncccc1C(=O)NCCCCCCC(C)C. The van der Waals surface area contributed by atoms with Crippen LogP contribution in [0.2, 0.25) is 0 Å². The molecule has 0 atom stereocenters. The van der Waals surface area contributed by atoms with Gasteiger partial charge in [-0.3, -0.25) is 4.79 Å². The van der Waals surface area contributed by atoms with E-state index in [9.17, 15) is 4.79 Å². The Morgan fingerprint density at radius 1 is 1.22 bits per heavy atom. The first-order valence-corrected chi connectivity index (χ1v) is 10.8. The zero-order valence-electron chi connectivity index (χ0n) is 16.9. The molecule has 0 aromatic carbocycles. The Morgan fingerprint density at radius 3 is 2.70 bits per heavy atom. The van der Waals surface area contributed by atoms with Crippen LogP contribution in [0.1, 0.15) is 73.3 Å². The van der Waals surface area contributed by atoms with Crippen molar-refractivity contribution in [3.05, 3.63) is 40.9 Å². The number of rotatable bonds is 11. The Bertz CT molecular complexity index is 708. The standard InChI is InChI=1S/C21H31N3O2S/c1-15(2)10-7-5-6-8-12-22-20(25)18-11-9-13-23-21(18)27-14-19-16(3)24-26-17(19)4/h9,11,13,15H,5-8,10,12,14H2,1-4H3,(H,22,25). The lowest BCUT2D eigenvalue weighted by molar-refractivity contribution is 0.0949. The Hall–Kier alpha value is -1.82. The monoisotopic (exact) mass is 389 g/mol. The van der Waals surface area contributed by atoms with Crippen molar-refractivity contribution in [3.63, 3.8) is 0 Å². The van der Waals surface area contributed by atoms with E-state index in [0.717, 1.165) is 40.8 Å². The van der Waals surface area contributed by atoms with Gasteiger partial charge in [0.1, 0.15) is 10.8 Å². The molecular weight excluding hydrogens is 358 g/mol. The normalized spacial score (nSPS) is 11.1. The maximum atomic E-state index is 12.5. The van der Waals surface area contributed by atoms with Gasteiger partial charge in [-0.1, -0.05) is 44.7 Å². The number of carbonyl (C=O) groups is 1. The van der Waals surface area contributed by atoms with Crippen molar-refractivity contribution < 1.29 is 9.32 Å². The van der Waals surface area contributed by atoms with Gasteiger partial charge in [-0.2, -0.15) is 0 Å². The first kappa shape index (κ1) is 21.5. The quantitative estimate of drug-likeness (QED) is 0.416. The average molecular weight is 390 g/mol. The molecule has 0 fully saturated rings. The van der Waals surface area contributed by atoms with E-state index in [1.807, 2.05) is 19.9 Å². The molecular formula is C21H31N3O2S. The van der Waals surface area contributed by atoms with E-state index in [1.165, 1.54) is 19.3 Å². The third kappa shape index (κ3) is 7.01. The van der Waals surface area contributed by atoms with Gasteiger partial charge in [-0.05, 0) is 38.3 Å². The maximum absolute atomic E-state index is 12.5. The number of unbranched alkanes of at least 4 members (excludes halogenated alkanes) is 3. The Morgan fingerprint density at radius 2 is 2.00 bits per heavy atom. The zero-order valence-corrected chi connectivity index (χ0v) is 17.7. The van der Waals surface area contributed by atoms with Gasteiger partial charge in [0.2, 0.25) is 0 Å². The summed E-state index contributed by atoms with van der Waals surface area (Å²) in [6.45, 7) is 9.07. The van der Waals surface area contributed by atoms with Crippen molar-refractivity contribution in [2.75, 3.05) is 6.54 Å². The van der Waals surface area contributed by atoms with E-state index in [1.54, 1.807) is 24.0 Å². The molecule has 0 aliphatic carbocycles. The highest BCUT2D eigenvalue weighted by Crippen LogP contribution is 2.27. The molecule has 27 heavy (non-hydrogen) atoms. The van der Waals surface area contributed by atoms with Crippen molar-refractivity contribution in [1.82, 2.24) is 15.5 Å². The molecule has 0 bridgehead atoms. The summed E-state index contributed by atoms with van der Waals surface area (Å²) in [4.78, 5) is 16.9. The zero-order chi connectivity index (χ0) is 19.6. The van der Waals surface area contributed by atoms with E-state index in [4.69, 9.17) is 4.52 Å². The van der Waals surface area contributed by atoms with E-state index in [0.29, 0.717) is 17.9 Å². The Balaban J connectivity index is 1.81. The minimum atomic E-state index is -0.0495. The summed E-state index contributed by atoms with van der Waals surface area (Å²) in [6, 6.07) is 3.64. The molecule has 0 saturated carbocycles. The maximum Gasteiger partial charge on any atom is 0.254 e. The van der Waals surface area contributed by atoms with Crippen molar-refractivity contribution in [2.24, 2.45) is 5.92 Å². The average Bonchev–Trinajstić information content (AvgIpc) is 2.97. The van der Waals surface area contributed by atoms with Gasteiger partial charge in [-0.15, -0.1) is 11.8 Å². The molecule has 0 saturated heterocycles. The molecule has 0 unspecified atom stereocenters. The lowest BCUT2D eigenvalue weighted by Gasteiger charge is -2.09. The van der Waals surface area contributed by atoms with Crippen LogP contribution in [-0.4, -0.2) is 22.6 Å². The summed E-state index contributed by atoms with van der Waals surface area (Å²) >= 11 is 1.54. The summed E-state index contributed by atoms with van der Waals surface area (Å²) in [7, 11) is 0. The van der Waals surface area contributed by atoms with Gasteiger partial charge >= 0.3 is 0 Å². The number of hydrogen-bond donors (Lipinski definition) is 1. The van der Waals surface area contributed by atoms with Crippen LogP contribution in [0, 0.1) is 19.8 Å². The van der Waals surface area contributed by atoms with E-state index in [2.05, 4.69) is 29.3 Å². The first-order valence-electron chi connectivity index (χ1n) is 9.76. The van der Waals surface area contributed by atoms with Crippen LogP contribution < -0.4 is 5.32 Å². The van der Waals surface area contributed by atoms with Crippen LogP contribution in [0.15, 0.2) is 27.9 Å². The molecule has 2 aromatic heterocycles. The van der Waals surface area contributed by atoms with E-state index >= 15 is 0 Å². The summed E-state index contributed by atoms with van der Waals surface area (Å²) < 4.78 is 5.20. The third-order valence-corrected chi connectivity index (χ3v) is 5.58. The largest absolute Gasteiger partial charge is 0.361 e. The smallest absolute Gasteiger partial charge is 0.254 e. The number of pyridine rings is 1. The lowest BCUT2D eigenvalue weighted by atomic mass is 10.0. The van der Waals surface area contributed by atoms with Crippen molar-refractivity contribution in [3.8, 4) is 0 Å². The number of nitrogens with one attached hydrogen (secondary N) is 1. The second kappa shape index (κ2) is 11.1. The van der Waals surface area contributed by atoms with Crippen LogP contribution in [-0.2, 0) is 5.75 Å². The van der Waals surface area contributed by atoms with Gasteiger partial charge in [0.15, 0.2) is 0 Å². The summed E-state index contributed by atoms with van der Waals surface area (Å²) in [6.07, 6.45) is 7.70. The first-order chi connectivity index (χ1) is 13.0. The number of thioether (sulfide) groups is 1. The molecule has 0 spiro atoms. The minimum Gasteiger partial charge on any atom is -0.361 e. The lowest BCUT2D eigenvalue weighted by Crippen LogP contribution is -2.25. The van der Waals surface area contributed by atoms with Crippen LogP contribution in [0.4, 0.5) is 0 Å². The van der Waals surface area contributed by atoms with Crippen molar-refractivity contribution >= 4 is 17.7 Å². The molecule has 5 nitrogen and oxygen atoms in total. The van der Waals surface area contributed by atoms with Crippen LogP contribution in [0.25, 0.3) is 0 Å². The Labute approximate surface area is 166 Å². The van der Waals surface area contributed by atoms with Crippen molar-refractivity contribution in [1.29, 1.82) is 0 Å². The summed E-state index contributed by atoms with van der Waals surface area (Å²) in [5.41, 5.74) is 2.59. The molecule has 0 aliphatic heterocycles. The molecule has 148 valence electrons. The summed E-state index contributed by atoms with van der Waals surface area (Å²) in [5.74, 6) is 2.23. The number of nitrogens with zero attached hydrogens (tertiary/aromatic N) is 2. The highest BCUT2D eigenvalue weighted by atomic mass is 32.2.